The molecule has 1 heterocycles. The van der Waals surface area contributed by atoms with Gasteiger partial charge >= 0.3 is 5.97 Å². The lowest BCUT2D eigenvalue weighted by Gasteiger charge is -2.27. The SMILES string of the molecule is COc1ccc2c(c1)O[C@H](COc1cc(C)c(C(=O)N(c3ccccc3)c3cc(C)cc(CC(=O)O)c3)cc1C)CO2. The average molecular weight is 568 g/mol. The number of amides is 1. The van der Waals surface area contributed by atoms with Crippen LogP contribution in [0.3, 0.4) is 0 Å². The van der Waals surface area contributed by atoms with Gasteiger partial charge in [0.25, 0.3) is 5.91 Å². The van der Waals surface area contributed by atoms with Crippen LogP contribution in [0.1, 0.15) is 32.6 Å². The lowest BCUT2D eigenvalue weighted by Crippen LogP contribution is -2.34. The van der Waals surface area contributed by atoms with Gasteiger partial charge in [0.2, 0.25) is 0 Å². The van der Waals surface area contributed by atoms with Gasteiger partial charge in [-0.2, -0.15) is 0 Å². The number of aliphatic carboxylic acids is 1. The molecule has 8 nitrogen and oxygen atoms in total. The number of para-hydroxylation sites is 1. The van der Waals surface area contributed by atoms with E-state index in [1.807, 2.05) is 87.5 Å². The maximum Gasteiger partial charge on any atom is 0.307 e. The van der Waals surface area contributed by atoms with Crippen LogP contribution in [-0.2, 0) is 11.2 Å². The van der Waals surface area contributed by atoms with E-state index in [2.05, 4.69) is 0 Å². The molecule has 42 heavy (non-hydrogen) atoms. The van der Waals surface area contributed by atoms with Gasteiger partial charge in [-0.3, -0.25) is 14.5 Å². The Balaban J connectivity index is 1.39. The topological polar surface area (TPSA) is 94.5 Å². The van der Waals surface area contributed by atoms with E-state index in [1.165, 1.54) is 0 Å². The van der Waals surface area contributed by atoms with E-state index in [0.29, 0.717) is 52.1 Å². The fourth-order valence-corrected chi connectivity index (χ4v) is 4.99. The number of carbonyl (C=O) groups excluding carboxylic acids is 1. The summed E-state index contributed by atoms with van der Waals surface area (Å²) in [5.74, 6) is 1.43. The maximum atomic E-state index is 14.2. The summed E-state index contributed by atoms with van der Waals surface area (Å²) in [5.41, 5.74) is 4.83. The van der Waals surface area contributed by atoms with E-state index in [-0.39, 0.29) is 25.0 Å². The van der Waals surface area contributed by atoms with Crippen LogP contribution in [0.2, 0.25) is 0 Å². The largest absolute Gasteiger partial charge is 0.497 e. The zero-order chi connectivity index (χ0) is 29.8. The molecule has 1 N–H and O–H groups in total. The van der Waals surface area contributed by atoms with Crippen LogP contribution in [0.25, 0.3) is 0 Å². The number of hydrogen-bond donors (Lipinski definition) is 1. The number of anilines is 2. The average Bonchev–Trinajstić information content (AvgIpc) is 2.97. The smallest absolute Gasteiger partial charge is 0.307 e. The molecule has 0 radical (unpaired) electrons. The molecular weight excluding hydrogens is 534 g/mol. The highest BCUT2D eigenvalue weighted by Gasteiger charge is 2.25. The number of ether oxygens (including phenoxy) is 4. The highest BCUT2D eigenvalue weighted by atomic mass is 16.6. The molecule has 0 aromatic heterocycles. The standard InChI is InChI=1S/C34H33NO7/c1-21-12-24(17-33(36)37)16-26(13-21)35(25-8-6-5-7-9-25)34(38)29-14-23(3)31(15-22(29)2)41-20-28-19-40-30-11-10-27(39-4)18-32(30)42-28/h5-16,18,28H,17,19-20H2,1-4H3,(H,36,37)/t28-/m0/s1. The third-order valence-corrected chi connectivity index (χ3v) is 7.00. The molecule has 0 fully saturated rings. The molecule has 0 saturated carbocycles. The van der Waals surface area contributed by atoms with Crippen molar-refractivity contribution < 1.29 is 33.6 Å². The Kier molecular flexibility index (Phi) is 8.33. The van der Waals surface area contributed by atoms with Gasteiger partial charge < -0.3 is 24.1 Å². The minimum Gasteiger partial charge on any atom is -0.497 e. The van der Waals surface area contributed by atoms with E-state index >= 15 is 0 Å². The number of nitrogens with zero attached hydrogens (tertiary/aromatic N) is 1. The van der Waals surface area contributed by atoms with Crippen LogP contribution in [0.15, 0.2) is 78.9 Å². The van der Waals surface area contributed by atoms with Crippen molar-refractivity contribution in [3.63, 3.8) is 0 Å². The molecule has 0 saturated heterocycles. The van der Waals surface area contributed by atoms with Crippen molar-refractivity contribution in [2.75, 3.05) is 25.2 Å². The van der Waals surface area contributed by atoms with Gasteiger partial charge in [0, 0.05) is 23.0 Å². The number of carbonyl (C=O) groups is 2. The van der Waals surface area contributed by atoms with Crippen molar-refractivity contribution in [1.29, 1.82) is 0 Å². The number of carboxylic acid groups (broad SMARTS) is 1. The summed E-state index contributed by atoms with van der Waals surface area (Å²) in [6.07, 6.45) is -0.453. The van der Waals surface area contributed by atoms with E-state index in [0.717, 1.165) is 16.7 Å². The van der Waals surface area contributed by atoms with Gasteiger partial charge in [0.15, 0.2) is 17.6 Å². The fraction of sp³-hybridized carbons (Fsp3) is 0.235. The van der Waals surface area contributed by atoms with Gasteiger partial charge in [-0.1, -0.05) is 24.3 Å². The van der Waals surface area contributed by atoms with Gasteiger partial charge in [-0.15, -0.1) is 0 Å². The van der Waals surface area contributed by atoms with Crippen molar-refractivity contribution >= 4 is 23.3 Å². The Hall–Kier alpha value is -4.98. The molecule has 1 aliphatic rings. The third kappa shape index (κ3) is 6.33. The summed E-state index contributed by atoms with van der Waals surface area (Å²) in [5, 5.41) is 9.36. The number of benzene rings is 4. The third-order valence-electron chi connectivity index (χ3n) is 7.00. The van der Waals surface area contributed by atoms with Gasteiger partial charge in [-0.05, 0) is 91.6 Å². The Labute approximate surface area is 245 Å². The Morgan fingerprint density at radius 2 is 1.69 bits per heavy atom. The predicted molar refractivity (Wildman–Crippen MR) is 160 cm³/mol. The van der Waals surface area contributed by atoms with Crippen molar-refractivity contribution in [1.82, 2.24) is 0 Å². The minimum atomic E-state index is -0.930. The number of aryl methyl sites for hydroxylation is 3. The summed E-state index contributed by atoms with van der Waals surface area (Å²) in [6.45, 7) is 6.27. The van der Waals surface area contributed by atoms with Crippen molar-refractivity contribution in [3.05, 3.63) is 107 Å². The number of fused-ring (bicyclic) bond motifs is 1. The minimum absolute atomic E-state index is 0.134. The Bertz CT molecular complexity index is 1620. The maximum absolute atomic E-state index is 14.2. The van der Waals surface area contributed by atoms with E-state index in [1.54, 1.807) is 24.1 Å². The molecule has 1 amide bonds. The molecule has 216 valence electrons. The highest BCUT2D eigenvalue weighted by Crippen LogP contribution is 2.36. The molecule has 0 spiro atoms. The Morgan fingerprint density at radius 1 is 0.905 bits per heavy atom. The normalized spacial score (nSPS) is 13.8. The van der Waals surface area contributed by atoms with Crippen molar-refractivity contribution in [3.8, 4) is 23.0 Å². The van der Waals surface area contributed by atoms with E-state index < -0.39 is 5.97 Å². The second-order valence-electron chi connectivity index (χ2n) is 10.3. The summed E-state index contributed by atoms with van der Waals surface area (Å²) in [4.78, 5) is 27.2. The van der Waals surface area contributed by atoms with Crippen LogP contribution < -0.4 is 23.8 Å². The first kappa shape index (κ1) is 28.5. The number of hydrogen-bond acceptors (Lipinski definition) is 6. The monoisotopic (exact) mass is 567 g/mol. The lowest BCUT2D eigenvalue weighted by atomic mass is 10.0. The molecule has 4 aromatic carbocycles. The van der Waals surface area contributed by atoms with Gasteiger partial charge in [0.05, 0.1) is 13.5 Å². The van der Waals surface area contributed by atoms with Crippen LogP contribution in [0.5, 0.6) is 23.0 Å². The first-order valence-corrected chi connectivity index (χ1v) is 13.6. The fourth-order valence-electron chi connectivity index (χ4n) is 4.99. The van der Waals surface area contributed by atoms with E-state index in [9.17, 15) is 14.7 Å². The second-order valence-corrected chi connectivity index (χ2v) is 10.3. The van der Waals surface area contributed by atoms with Crippen LogP contribution in [0, 0.1) is 20.8 Å². The highest BCUT2D eigenvalue weighted by molar-refractivity contribution is 6.12. The molecular formula is C34H33NO7. The van der Waals surface area contributed by atoms with E-state index in [4.69, 9.17) is 18.9 Å². The van der Waals surface area contributed by atoms with Gasteiger partial charge in [-0.25, -0.2) is 0 Å². The van der Waals surface area contributed by atoms with Crippen LogP contribution in [0.4, 0.5) is 11.4 Å². The zero-order valence-corrected chi connectivity index (χ0v) is 24.0. The van der Waals surface area contributed by atoms with Gasteiger partial charge in [0.1, 0.15) is 24.7 Å². The Morgan fingerprint density at radius 3 is 2.43 bits per heavy atom. The van der Waals surface area contributed by atoms with Crippen LogP contribution >= 0.6 is 0 Å². The molecule has 0 aliphatic carbocycles. The first-order chi connectivity index (χ1) is 20.2. The molecule has 0 bridgehead atoms. The molecule has 8 heteroatoms. The zero-order valence-electron chi connectivity index (χ0n) is 24.0. The number of carboxylic acids is 1. The number of rotatable bonds is 9. The molecule has 1 aliphatic heterocycles. The predicted octanol–water partition coefficient (Wildman–Crippen LogP) is 6.44. The first-order valence-electron chi connectivity index (χ1n) is 13.6. The van der Waals surface area contributed by atoms with Crippen molar-refractivity contribution in [2.24, 2.45) is 0 Å². The summed E-state index contributed by atoms with van der Waals surface area (Å²) < 4.78 is 23.3. The summed E-state index contributed by atoms with van der Waals surface area (Å²) in [7, 11) is 1.60. The quantitative estimate of drug-likeness (QED) is 0.249. The summed E-state index contributed by atoms with van der Waals surface area (Å²) >= 11 is 0. The molecule has 5 rings (SSSR count). The molecule has 0 unspecified atom stereocenters. The summed E-state index contributed by atoms with van der Waals surface area (Å²) in [6, 6.07) is 23.9. The molecule has 4 aromatic rings. The van der Waals surface area contributed by atoms with Crippen LogP contribution in [-0.4, -0.2) is 43.4 Å². The lowest BCUT2D eigenvalue weighted by molar-refractivity contribution is -0.136. The second kappa shape index (κ2) is 12.3. The van der Waals surface area contributed by atoms with Crippen molar-refractivity contribution in [2.45, 2.75) is 33.3 Å². The molecule has 1 atom stereocenters. The number of methoxy groups -OCH3 is 1.